The van der Waals surface area contributed by atoms with E-state index in [2.05, 4.69) is 31.1 Å². The molecule has 78 valence electrons. The molecular weight excluding hydrogens is 160 g/mol. The molecule has 1 rings (SSSR count). The topological polar surface area (TPSA) is 15.3 Å². The van der Waals surface area contributed by atoms with Gasteiger partial charge in [0.25, 0.3) is 0 Å². The lowest BCUT2D eigenvalue weighted by Gasteiger charge is -2.21. The van der Waals surface area contributed by atoms with Gasteiger partial charge in [-0.1, -0.05) is 0 Å². The molecule has 1 saturated heterocycles. The summed E-state index contributed by atoms with van der Waals surface area (Å²) in [5.74, 6) is 0. The van der Waals surface area contributed by atoms with Gasteiger partial charge in [-0.25, -0.2) is 0 Å². The molecule has 1 aliphatic rings. The van der Waals surface area contributed by atoms with Crippen molar-refractivity contribution in [2.45, 2.75) is 51.6 Å². The van der Waals surface area contributed by atoms with E-state index < -0.39 is 0 Å². The van der Waals surface area contributed by atoms with Crippen LogP contribution in [0.1, 0.15) is 39.5 Å². The maximum absolute atomic E-state index is 3.54. The van der Waals surface area contributed by atoms with Crippen molar-refractivity contribution in [1.29, 1.82) is 0 Å². The summed E-state index contributed by atoms with van der Waals surface area (Å²) >= 11 is 0. The summed E-state index contributed by atoms with van der Waals surface area (Å²) in [5, 5.41) is 3.54. The van der Waals surface area contributed by atoms with Crippen LogP contribution in [0.25, 0.3) is 0 Å². The SMILES string of the molecule is CC(C)N(C)CCCC1CCCN1. The molecule has 0 aliphatic carbocycles. The zero-order chi connectivity index (χ0) is 9.68. The van der Waals surface area contributed by atoms with Crippen LogP contribution in [-0.4, -0.2) is 37.1 Å². The third-order valence-electron chi connectivity index (χ3n) is 3.11. The van der Waals surface area contributed by atoms with Crippen molar-refractivity contribution in [3.63, 3.8) is 0 Å². The van der Waals surface area contributed by atoms with Crippen LogP contribution in [0.15, 0.2) is 0 Å². The van der Waals surface area contributed by atoms with Crippen molar-refractivity contribution in [1.82, 2.24) is 10.2 Å². The van der Waals surface area contributed by atoms with E-state index in [1.807, 2.05) is 0 Å². The highest BCUT2D eigenvalue weighted by atomic mass is 15.1. The summed E-state index contributed by atoms with van der Waals surface area (Å²) < 4.78 is 0. The Morgan fingerprint density at radius 3 is 2.77 bits per heavy atom. The molecule has 0 radical (unpaired) electrons. The maximum Gasteiger partial charge on any atom is 0.00680 e. The molecule has 0 spiro atoms. The molecule has 1 N–H and O–H groups in total. The highest BCUT2D eigenvalue weighted by molar-refractivity contribution is 4.74. The van der Waals surface area contributed by atoms with Crippen molar-refractivity contribution >= 4 is 0 Å². The Morgan fingerprint density at radius 2 is 2.23 bits per heavy atom. The fraction of sp³-hybridized carbons (Fsp3) is 1.00. The van der Waals surface area contributed by atoms with Gasteiger partial charge in [-0.3, -0.25) is 0 Å². The van der Waals surface area contributed by atoms with Crippen LogP contribution in [0, 0.1) is 0 Å². The molecule has 0 aromatic heterocycles. The number of rotatable bonds is 5. The predicted octanol–water partition coefficient (Wildman–Crippen LogP) is 1.86. The molecule has 1 heterocycles. The van der Waals surface area contributed by atoms with Crippen molar-refractivity contribution in [2.24, 2.45) is 0 Å². The molecule has 1 aliphatic heterocycles. The number of hydrogen-bond donors (Lipinski definition) is 1. The van der Waals surface area contributed by atoms with Gasteiger partial charge in [0.15, 0.2) is 0 Å². The zero-order valence-corrected chi connectivity index (χ0v) is 9.34. The lowest BCUT2D eigenvalue weighted by molar-refractivity contribution is 0.264. The second kappa shape index (κ2) is 5.61. The van der Waals surface area contributed by atoms with Crippen LogP contribution in [-0.2, 0) is 0 Å². The van der Waals surface area contributed by atoms with Gasteiger partial charge in [0.2, 0.25) is 0 Å². The molecular formula is C11H24N2. The van der Waals surface area contributed by atoms with Gasteiger partial charge < -0.3 is 10.2 Å². The van der Waals surface area contributed by atoms with Gasteiger partial charge in [0.05, 0.1) is 0 Å². The zero-order valence-electron chi connectivity index (χ0n) is 9.34. The van der Waals surface area contributed by atoms with Crippen molar-refractivity contribution < 1.29 is 0 Å². The van der Waals surface area contributed by atoms with Gasteiger partial charge in [-0.05, 0) is 59.7 Å². The molecule has 2 nitrogen and oxygen atoms in total. The van der Waals surface area contributed by atoms with E-state index in [0.29, 0.717) is 6.04 Å². The first-order valence-corrected chi connectivity index (χ1v) is 5.64. The normalized spacial score (nSPS) is 23.3. The molecule has 1 fully saturated rings. The Bertz CT molecular complexity index is 126. The van der Waals surface area contributed by atoms with E-state index in [1.54, 1.807) is 0 Å². The first-order chi connectivity index (χ1) is 6.20. The van der Waals surface area contributed by atoms with Crippen LogP contribution in [0.4, 0.5) is 0 Å². The third kappa shape index (κ3) is 4.10. The average molecular weight is 184 g/mol. The van der Waals surface area contributed by atoms with Crippen LogP contribution in [0.2, 0.25) is 0 Å². The first kappa shape index (κ1) is 11.0. The quantitative estimate of drug-likeness (QED) is 0.701. The highest BCUT2D eigenvalue weighted by Crippen LogP contribution is 2.11. The van der Waals surface area contributed by atoms with E-state index in [0.717, 1.165) is 6.04 Å². The van der Waals surface area contributed by atoms with Gasteiger partial charge in [-0.15, -0.1) is 0 Å². The summed E-state index contributed by atoms with van der Waals surface area (Å²) in [6.07, 6.45) is 5.47. The van der Waals surface area contributed by atoms with E-state index in [1.165, 1.54) is 38.8 Å². The maximum atomic E-state index is 3.54. The number of nitrogens with zero attached hydrogens (tertiary/aromatic N) is 1. The van der Waals surface area contributed by atoms with Gasteiger partial charge in [-0.2, -0.15) is 0 Å². The molecule has 0 aromatic rings. The lowest BCUT2D eigenvalue weighted by Crippen LogP contribution is -2.29. The molecule has 0 aromatic carbocycles. The molecule has 0 amide bonds. The smallest absolute Gasteiger partial charge is 0.00680 e. The van der Waals surface area contributed by atoms with E-state index in [9.17, 15) is 0 Å². The largest absolute Gasteiger partial charge is 0.314 e. The lowest BCUT2D eigenvalue weighted by atomic mass is 10.1. The Balaban J connectivity index is 1.99. The minimum atomic E-state index is 0.691. The first-order valence-electron chi connectivity index (χ1n) is 5.64. The van der Waals surface area contributed by atoms with E-state index >= 15 is 0 Å². The van der Waals surface area contributed by atoms with Crippen LogP contribution < -0.4 is 5.32 Å². The second-order valence-corrected chi connectivity index (χ2v) is 4.51. The van der Waals surface area contributed by atoms with Crippen LogP contribution in [0.3, 0.4) is 0 Å². The average Bonchev–Trinajstić information content (AvgIpc) is 2.56. The van der Waals surface area contributed by atoms with Crippen molar-refractivity contribution in [3.8, 4) is 0 Å². The Morgan fingerprint density at radius 1 is 1.46 bits per heavy atom. The predicted molar refractivity (Wildman–Crippen MR) is 58.0 cm³/mol. The van der Waals surface area contributed by atoms with Gasteiger partial charge >= 0.3 is 0 Å². The molecule has 1 atom stereocenters. The Kier molecular flexibility index (Phi) is 4.74. The van der Waals surface area contributed by atoms with Crippen molar-refractivity contribution in [2.75, 3.05) is 20.1 Å². The molecule has 0 saturated carbocycles. The minimum absolute atomic E-state index is 0.691. The monoisotopic (exact) mass is 184 g/mol. The number of nitrogens with one attached hydrogen (secondary N) is 1. The summed E-state index contributed by atoms with van der Waals surface area (Å²) in [4.78, 5) is 2.43. The third-order valence-corrected chi connectivity index (χ3v) is 3.11. The van der Waals surface area contributed by atoms with E-state index in [-0.39, 0.29) is 0 Å². The van der Waals surface area contributed by atoms with Crippen molar-refractivity contribution in [3.05, 3.63) is 0 Å². The summed E-state index contributed by atoms with van der Waals surface area (Å²) in [5.41, 5.74) is 0. The Hall–Kier alpha value is -0.0800. The van der Waals surface area contributed by atoms with E-state index in [4.69, 9.17) is 0 Å². The highest BCUT2D eigenvalue weighted by Gasteiger charge is 2.13. The molecule has 13 heavy (non-hydrogen) atoms. The fourth-order valence-electron chi connectivity index (χ4n) is 1.85. The minimum Gasteiger partial charge on any atom is -0.314 e. The summed E-state index contributed by atoms with van der Waals surface area (Å²) in [6, 6.07) is 1.51. The van der Waals surface area contributed by atoms with Gasteiger partial charge in [0.1, 0.15) is 0 Å². The summed E-state index contributed by atoms with van der Waals surface area (Å²) in [7, 11) is 2.22. The van der Waals surface area contributed by atoms with Crippen LogP contribution >= 0.6 is 0 Å². The summed E-state index contributed by atoms with van der Waals surface area (Å²) in [6.45, 7) is 7.00. The molecule has 0 bridgehead atoms. The standard InChI is InChI=1S/C11H24N2/c1-10(2)13(3)9-5-7-11-6-4-8-12-11/h10-12H,4-9H2,1-3H3. The number of hydrogen-bond acceptors (Lipinski definition) is 2. The van der Waals surface area contributed by atoms with Gasteiger partial charge in [0, 0.05) is 12.1 Å². The second-order valence-electron chi connectivity index (χ2n) is 4.51. The Labute approximate surface area is 82.7 Å². The fourth-order valence-corrected chi connectivity index (χ4v) is 1.85. The molecule has 2 heteroatoms. The molecule has 1 unspecified atom stereocenters. The van der Waals surface area contributed by atoms with Crippen LogP contribution in [0.5, 0.6) is 0 Å².